The van der Waals surface area contributed by atoms with Gasteiger partial charge in [0.15, 0.2) is 0 Å². The van der Waals surface area contributed by atoms with Crippen molar-refractivity contribution in [2.24, 2.45) is 0 Å². The standard InChI is InChI=1S/C12H18O2/c1-7-5-11(8(2)6-13)9(3)10(4)12(7)14/h5,8,13-14H,6H2,1-4H3. The molecular formula is C12H18O2. The quantitative estimate of drug-likeness (QED) is 0.759. The molecule has 0 radical (unpaired) electrons. The maximum Gasteiger partial charge on any atom is 0.121 e. The SMILES string of the molecule is Cc1cc(C(C)CO)c(C)c(C)c1O. The second-order valence-corrected chi connectivity index (χ2v) is 3.96. The second kappa shape index (κ2) is 4.01. The molecule has 0 aliphatic carbocycles. The van der Waals surface area contributed by atoms with Crippen LogP contribution in [0.3, 0.4) is 0 Å². The molecule has 0 aliphatic rings. The fourth-order valence-corrected chi connectivity index (χ4v) is 1.71. The van der Waals surface area contributed by atoms with Crippen LogP contribution in [-0.4, -0.2) is 16.8 Å². The molecule has 0 saturated heterocycles. The summed E-state index contributed by atoms with van der Waals surface area (Å²) in [4.78, 5) is 0. The van der Waals surface area contributed by atoms with Gasteiger partial charge in [-0.25, -0.2) is 0 Å². The Bertz CT molecular complexity index is 343. The Labute approximate surface area is 85.2 Å². The number of aryl methyl sites for hydroxylation is 1. The predicted octanol–water partition coefficient (Wildman–Crippen LogP) is 2.41. The molecule has 0 aromatic heterocycles. The van der Waals surface area contributed by atoms with Crippen molar-refractivity contribution in [1.82, 2.24) is 0 Å². The highest BCUT2D eigenvalue weighted by atomic mass is 16.3. The number of hydrogen-bond donors (Lipinski definition) is 2. The number of aromatic hydroxyl groups is 1. The van der Waals surface area contributed by atoms with Crippen molar-refractivity contribution < 1.29 is 10.2 Å². The van der Waals surface area contributed by atoms with Gasteiger partial charge in [0.05, 0.1) is 0 Å². The van der Waals surface area contributed by atoms with Gasteiger partial charge in [0, 0.05) is 12.5 Å². The Morgan fingerprint density at radius 3 is 2.29 bits per heavy atom. The molecule has 0 amide bonds. The third-order valence-electron chi connectivity index (χ3n) is 2.90. The van der Waals surface area contributed by atoms with Crippen molar-refractivity contribution in [2.75, 3.05) is 6.61 Å². The molecule has 0 heterocycles. The molecule has 78 valence electrons. The predicted molar refractivity (Wildman–Crippen MR) is 57.8 cm³/mol. The lowest BCUT2D eigenvalue weighted by atomic mass is 9.91. The van der Waals surface area contributed by atoms with Gasteiger partial charge in [-0.2, -0.15) is 0 Å². The summed E-state index contributed by atoms with van der Waals surface area (Å²) in [6.07, 6.45) is 0. The molecule has 0 aliphatic heterocycles. The largest absolute Gasteiger partial charge is 0.507 e. The Hall–Kier alpha value is -1.02. The number of hydrogen-bond acceptors (Lipinski definition) is 2. The van der Waals surface area contributed by atoms with Crippen LogP contribution in [0.1, 0.15) is 35.1 Å². The van der Waals surface area contributed by atoms with Crippen LogP contribution in [0.25, 0.3) is 0 Å². The number of aliphatic hydroxyl groups excluding tert-OH is 1. The van der Waals surface area contributed by atoms with E-state index in [9.17, 15) is 5.11 Å². The van der Waals surface area contributed by atoms with E-state index < -0.39 is 0 Å². The fourth-order valence-electron chi connectivity index (χ4n) is 1.71. The molecule has 1 rings (SSSR count). The molecule has 1 aromatic carbocycles. The summed E-state index contributed by atoms with van der Waals surface area (Å²) in [6, 6.07) is 1.96. The molecule has 2 N–H and O–H groups in total. The monoisotopic (exact) mass is 194 g/mol. The van der Waals surface area contributed by atoms with E-state index in [0.29, 0.717) is 5.75 Å². The number of aliphatic hydroxyl groups is 1. The zero-order valence-corrected chi connectivity index (χ0v) is 9.26. The maximum atomic E-state index is 9.70. The molecule has 2 nitrogen and oxygen atoms in total. The smallest absolute Gasteiger partial charge is 0.121 e. The van der Waals surface area contributed by atoms with Gasteiger partial charge in [0.1, 0.15) is 5.75 Å². The molecular weight excluding hydrogens is 176 g/mol. The van der Waals surface area contributed by atoms with Crippen molar-refractivity contribution in [2.45, 2.75) is 33.6 Å². The van der Waals surface area contributed by atoms with E-state index in [1.165, 1.54) is 0 Å². The summed E-state index contributed by atoms with van der Waals surface area (Å²) < 4.78 is 0. The van der Waals surface area contributed by atoms with E-state index in [1.54, 1.807) is 0 Å². The minimum absolute atomic E-state index is 0.132. The zero-order valence-electron chi connectivity index (χ0n) is 9.26. The van der Waals surface area contributed by atoms with Gasteiger partial charge >= 0.3 is 0 Å². The first-order valence-electron chi connectivity index (χ1n) is 4.89. The lowest BCUT2D eigenvalue weighted by Crippen LogP contribution is -2.03. The molecule has 0 saturated carbocycles. The molecule has 0 bridgehead atoms. The van der Waals surface area contributed by atoms with Crippen molar-refractivity contribution in [1.29, 1.82) is 0 Å². The van der Waals surface area contributed by atoms with E-state index in [2.05, 4.69) is 0 Å². The minimum Gasteiger partial charge on any atom is -0.507 e. The summed E-state index contributed by atoms with van der Waals surface area (Å²) in [7, 11) is 0. The van der Waals surface area contributed by atoms with Crippen molar-refractivity contribution in [3.63, 3.8) is 0 Å². The van der Waals surface area contributed by atoms with E-state index in [1.807, 2.05) is 33.8 Å². The highest BCUT2D eigenvalue weighted by molar-refractivity contribution is 5.49. The Morgan fingerprint density at radius 2 is 1.79 bits per heavy atom. The number of phenolic OH excluding ortho intramolecular Hbond substituents is 1. The van der Waals surface area contributed by atoms with Crippen LogP contribution in [0.15, 0.2) is 6.07 Å². The van der Waals surface area contributed by atoms with Gasteiger partial charge in [-0.3, -0.25) is 0 Å². The molecule has 2 heteroatoms. The van der Waals surface area contributed by atoms with Crippen LogP contribution < -0.4 is 0 Å². The van der Waals surface area contributed by atoms with E-state index in [-0.39, 0.29) is 12.5 Å². The molecule has 1 atom stereocenters. The Balaban J connectivity index is 3.33. The average molecular weight is 194 g/mol. The lowest BCUT2D eigenvalue weighted by Gasteiger charge is -2.16. The molecule has 0 fully saturated rings. The van der Waals surface area contributed by atoms with Gasteiger partial charge < -0.3 is 10.2 Å². The molecule has 0 spiro atoms. The fraction of sp³-hybridized carbons (Fsp3) is 0.500. The van der Waals surface area contributed by atoms with Crippen molar-refractivity contribution in [3.05, 3.63) is 28.3 Å². The summed E-state index contributed by atoms with van der Waals surface area (Å²) in [5.41, 5.74) is 4.00. The van der Waals surface area contributed by atoms with Crippen LogP contribution in [0.2, 0.25) is 0 Å². The molecule has 14 heavy (non-hydrogen) atoms. The van der Waals surface area contributed by atoms with E-state index >= 15 is 0 Å². The highest BCUT2D eigenvalue weighted by Gasteiger charge is 2.13. The molecule has 1 aromatic rings. The maximum absolute atomic E-state index is 9.70. The van der Waals surface area contributed by atoms with Crippen LogP contribution in [0.5, 0.6) is 5.75 Å². The normalized spacial score (nSPS) is 12.9. The van der Waals surface area contributed by atoms with E-state index in [4.69, 9.17) is 5.11 Å². The Morgan fingerprint density at radius 1 is 1.21 bits per heavy atom. The zero-order chi connectivity index (χ0) is 10.9. The van der Waals surface area contributed by atoms with Crippen LogP contribution in [0, 0.1) is 20.8 Å². The van der Waals surface area contributed by atoms with Gasteiger partial charge in [-0.1, -0.05) is 13.0 Å². The summed E-state index contributed by atoms with van der Waals surface area (Å²) >= 11 is 0. The summed E-state index contributed by atoms with van der Waals surface area (Å²) in [5, 5.41) is 18.8. The van der Waals surface area contributed by atoms with Gasteiger partial charge in [0.2, 0.25) is 0 Å². The molecule has 1 unspecified atom stereocenters. The summed E-state index contributed by atoms with van der Waals surface area (Å²) in [6.45, 7) is 7.90. The first-order valence-corrected chi connectivity index (χ1v) is 4.89. The lowest BCUT2D eigenvalue weighted by molar-refractivity contribution is 0.272. The van der Waals surface area contributed by atoms with Crippen molar-refractivity contribution in [3.8, 4) is 5.75 Å². The number of benzene rings is 1. The van der Waals surface area contributed by atoms with Crippen LogP contribution >= 0.6 is 0 Å². The van der Waals surface area contributed by atoms with Crippen LogP contribution in [0.4, 0.5) is 0 Å². The second-order valence-electron chi connectivity index (χ2n) is 3.96. The van der Waals surface area contributed by atoms with Gasteiger partial charge in [0.25, 0.3) is 0 Å². The first-order chi connectivity index (χ1) is 6.49. The third kappa shape index (κ3) is 1.75. The van der Waals surface area contributed by atoms with Crippen molar-refractivity contribution >= 4 is 0 Å². The number of rotatable bonds is 2. The highest BCUT2D eigenvalue weighted by Crippen LogP contribution is 2.31. The Kier molecular flexibility index (Phi) is 3.17. The van der Waals surface area contributed by atoms with Crippen LogP contribution in [-0.2, 0) is 0 Å². The first kappa shape index (κ1) is 11.1. The third-order valence-corrected chi connectivity index (χ3v) is 2.90. The topological polar surface area (TPSA) is 40.5 Å². The minimum atomic E-state index is 0.132. The average Bonchev–Trinajstić information content (AvgIpc) is 2.19. The number of phenols is 1. The summed E-state index contributed by atoms with van der Waals surface area (Å²) in [5.74, 6) is 0.504. The van der Waals surface area contributed by atoms with Gasteiger partial charge in [-0.05, 0) is 43.0 Å². The van der Waals surface area contributed by atoms with Gasteiger partial charge in [-0.15, -0.1) is 0 Å². The van der Waals surface area contributed by atoms with E-state index in [0.717, 1.165) is 22.3 Å².